The summed E-state index contributed by atoms with van der Waals surface area (Å²) in [7, 11) is -3.62. The second-order valence-electron chi connectivity index (χ2n) is 6.96. The van der Waals surface area contributed by atoms with E-state index in [1.54, 1.807) is 12.3 Å². The minimum absolute atomic E-state index is 0.301. The summed E-state index contributed by atoms with van der Waals surface area (Å²) in [6, 6.07) is 8.01. The lowest BCUT2D eigenvalue weighted by atomic mass is 10.1. The van der Waals surface area contributed by atoms with Crippen LogP contribution >= 0.6 is 0 Å². The van der Waals surface area contributed by atoms with Crippen LogP contribution in [0, 0.1) is 26.6 Å². The highest BCUT2D eigenvalue weighted by Gasteiger charge is 2.22. The molecule has 4 nitrogen and oxygen atoms in total. The van der Waals surface area contributed by atoms with Gasteiger partial charge in [0.2, 0.25) is 10.0 Å². The van der Waals surface area contributed by atoms with Crippen LogP contribution in [0.5, 0.6) is 0 Å². The van der Waals surface area contributed by atoms with Gasteiger partial charge in [-0.15, -0.1) is 0 Å². The third-order valence-electron chi connectivity index (χ3n) is 4.49. The summed E-state index contributed by atoms with van der Waals surface area (Å²) < 4.78 is 41.8. The quantitative estimate of drug-likeness (QED) is 0.705. The SMILES string of the molecule is Cc1cc(C)c(S(=O)(=O)NC(C)Cc2c[nH]c3cc(F)ccc23)c(C)c1. The van der Waals surface area contributed by atoms with Crippen molar-refractivity contribution in [2.45, 2.75) is 45.1 Å². The Balaban J connectivity index is 1.84. The molecule has 0 bridgehead atoms. The van der Waals surface area contributed by atoms with E-state index in [9.17, 15) is 12.8 Å². The van der Waals surface area contributed by atoms with Crippen LogP contribution in [0.3, 0.4) is 0 Å². The molecule has 3 rings (SSSR count). The van der Waals surface area contributed by atoms with Crippen molar-refractivity contribution in [2.75, 3.05) is 0 Å². The van der Waals surface area contributed by atoms with Crippen molar-refractivity contribution in [3.8, 4) is 0 Å². The van der Waals surface area contributed by atoms with Crippen molar-refractivity contribution in [1.82, 2.24) is 9.71 Å². The number of aryl methyl sites for hydroxylation is 3. The third kappa shape index (κ3) is 3.66. The fourth-order valence-electron chi connectivity index (χ4n) is 3.61. The number of aromatic nitrogens is 1. The summed E-state index contributed by atoms with van der Waals surface area (Å²) in [6.45, 7) is 7.41. The zero-order valence-electron chi connectivity index (χ0n) is 15.4. The summed E-state index contributed by atoms with van der Waals surface area (Å²) in [5, 5.41) is 0.903. The molecule has 1 atom stereocenters. The molecule has 0 saturated carbocycles. The Hall–Kier alpha value is -2.18. The summed E-state index contributed by atoms with van der Waals surface area (Å²) in [5.41, 5.74) is 4.18. The molecule has 0 aliphatic carbocycles. The highest BCUT2D eigenvalue weighted by molar-refractivity contribution is 7.89. The van der Waals surface area contributed by atoms with Crippen LogP contribution < -0.4 is 4.72 Å². The first-order chi connectivity index (χ1) is 12.2. The number of hydrogen-bond donors (Lipinski definition) is 2. The van der Waals surface area contributed by atoms with Gasteiger partial charge in [0, 0.05) is 23.1 Å². The molecule has 0 spiro atoms. The van der Waals surface area contributed by atoms with Crippen molar-refractivity contribution in [3.63, 3.8) is 0 Å². The minimum atomic E-state index is -3.62. The average molecular weight is 374 g/mol. The van der Waals surface area contributed by atoms with E-state index in [0.29, 0.717) is 16.8 Å². The Kier molecular flexibility index (Phi) is 4.90. The number of hydrogen-bond acceptors (Lipinski definition) is 2. The van der Waals surface area contributed by atoms with E-state index in [1.165, 1.54) is 12.1 Å². The molecule has 1 aromatic heterocycles. The molecule has 1 unspecified atom stereocenters. The van der Waals surface area contributed by atoms with Crippen LogP contribution in [0.2, 0.25) is 0 Å². The Labute approximate surface area is 153 Å². The zero-order valence-corrected chi connectivity index (χ0v) is 16.2. The van der Waals surface area contributed by atoms with Gasteiger partial charge < -0.3 is 4.98 Å². The number of fused-ring (bicyclic) bond motifs is 1. The molecule has 0 amide bonds. The molecule has 138 valence electrons. The largest absolute Gasteiger partial charge is 0.361 e. The number of sulfonamides is 1. The fraction of sp³-hybridized carbons (Fsp3) is 0.300. The van der Waals surface area contributed by atoms with Gasteiger partial charge in [-0.2, -0.15) is 0 Å². The molecule has 0 saturated heterocycles. The predicted octanol–water partition coefficient (Wildman–Crippen LogP) is 4.14. The van der Waals surface area contributed by atoms with Gasteiger partial charge in [0.05, 0.1) is 4.90 Å². The van der Waals surface area contributed by atoms with E-state index in [4.69, 9.17) is 0 Å². The molecule has 0 aliphatic rings. The topological polar surface area (TPSA) is 62.0 Å². The molecule has 2 aromatic carbocycles. The zero-order chi connectivity index (χ0) is 19.1. The molecule has 0 fully saturated rings. The van der Waals surface area contributed by atoms with Gasteiger partial charge >= 0.3 is 0 Å². The molecule has 1 heterocycles. The second-order valence-corrected chi connectivity index (χ2v) is 8.61. The summed E-state index contributed by atoms with van der Waals surface area (Å²) in [6.07, 6.45) is 2.31. The molecular weight excluding hydrogens is 351 g/mol. The Bertz CT molecular complexity index is 1050. The van der Waals surface area contributed by atoms with Gasteiger partial charge in [0.1, 0.15) is 5.82 Å². The third-order valence-corrected chi connectivity index (χ3v) is 6.38. The van der Waals surface area contributed by atoms with Gasteiger partial charge in [0.15, 0.2) is 0 Å². The summed E-state index contributed by atoms with van der Waals surface area (Å²) >= 11 is 0. The van der Waals surface area contributed by atoms with Crippen molar-refractivity contribution >= 4 is 20.9 Å². The Morgan fingerprint density at radius 1 is 1.12 bits per heavy atom. The molecule has 0 aliphatic heterocycles. The minimum Gasteiger partial charge on any atom is -0.361 e. The van der Waals surface area contributed by atoms with Gasteiger partial charge in [0.25, 0.3) is 0 Å². The van der Waals surface area contributed by atoms with Gasteiger partial charge in [-0.25, -0.2) is 17.5 Å². The number of aromatic amines is 1. The molecule has 6 heteroatoms. The lowest BCUT2D eigenvalue weighted by Crippen LogP contribution is -2.34. The second kappa shape index (κ2) is 6.85. The maximum Gasteiger partial charge on any atom is 0.241 e. The number of H-pyrrole nitrogens is 1. The smallest absolute Gasteiger partial charge is 0.241 e. The highest BCUT2D eigenvalue weighted by atomic mass is 32.2. The van der Waals surface area contributed by atoms with Crippen LogP contribution in [0.4, 0.5) is 4.39 Å². The normalized spacial score (nSPS) is 13.3. The van der Waals surface area contributed by atoms with Crippen LogP contribution in [0.15, 0.2) is 41.4 Å². The van der Waals surface area contributed by atoms with Gasteiger partial charge in [-0.05, 0) is 69.0 Å². The highest BCUT2D eigenvalue weighted by Crippen LogP contribution is 2.24. The lowest BCUT2D eigenvalue weighted by molar-refractivity contribution is 0.559. The predicted molar refractivity (Wildman–Crippen MR) is 102 cm³/mol. The van der Waals surface area contributed by atoms with Crippen molar-refractivity contribution in [1.29, 1.82) is 0 Å². The molecule has 0 radical (unpaired) electrons. The van der Waals surface area contributed by atoms with E-state index < -0.39 is 10.0 Å². The van der Waals surface area contributed by atoms with E-state index in [-0.39, 0.29) is 11.9 Å². The fourth-order valence-corrected chi connectivity index (χ4v) is 5.31. The van der Waals surface area contributed by atoms with Crippen molar-refractivity contribution < 1.29 is 12.8 Å². The van der Waals surface area contributed by atoms with Crippen LogP contribution in [0.1, 0.15) is 29.2 Å². The first kappa shape index (κ1) is 18.6. The number of halogens is 1. The number of nitrogens with one attached hydrogen (secondary N) is 2. The Morgan fingerprint density at radius 3 is 2.42 bits per heavy atom. The molecule has 2 N–H and O–H groups in total. The van der Waals surface area contributed by atoms with E-state index >= 15 is 0 Å². The van der Waals surface area contributed by atoms with Crippen LogP contribution in [0.25, 0.3) is 10.9 Å². The molecule has 26 heavy (non-hydrogen) atoms. The molecule has 3 aromatic rings. The maximum atomic E-state index is 13.3. The van der Waals surface area contributed by atoms with E-state index in [2.05, 4.69) is 9.71 Å². The number of benzene rings is 2. The standard InChI is InChI=1S/C20H23FN2O2S/c1-12-7-13(2)20(14(3)8-12)26(24,25)23-15(4)9-16-11-22-19-10-17(21)5-6-18(16)19/h5-8,10-11,15,22-23H,9H2,1-4H3. The first-order valence-corrected chi connectivity index (χ1v) is 10.0. The van der Waals surface area contributed by atoms with Crippen molar-refractivity contribution in [2.24, 2.45) is 0 Å². The monoisotopic (exact) mass is 374 g/mol. The maximum absolute atomic E-state index is 13.3. The average Bonchev–Trinajstić information content (AvgIpc) is 2.86. The van der Waals surface area contributed by atoms with Gasteiger partial charge in [-0.3, -0.25) is 0 Å². The Morgan fingerprint density at radius 2 is 1.77 bits per heavy atom. The lowest BCUT2D eigenvalue weighted by Gasteiger charge is -2.17. The van der Waals surface area contributed by atoms with Crippen molar-refractivity contribution in [3.05, 3.63) is 64.6 Å². The summed E-state index contributed by atoms with van der Waals surface area (Å²) in [4.78, 5) is 3.38. The number of rotatable bonds is 5. The first-order valence-electron chi connectivity index (χ1n) is 8.53. The van der Waals surface area contributed by atoms with Gasteiger partial charge in [-0.1, -0.05) is 17.7 Å². The van der Waals surface area contributed by atoms with E-state index in [0.717, 1.165) is 27.6 Å². The molecular formula is C20H23FN2O2S. The van der Waals surface area contributed by atoms with Crippen LogP contribution in [-0.4, -0.2) is 19.4 Å². The van der Waals surface area contributed by atoms with Crippen LogP contribution in [-0.2, 0) is 16.4 Å². The van der Waals surface area contributed by atoms with E-state index in [1.807, 2.05) is 39.8 Å². The summed E-state index contributed by atoms with van der Waals surface area (Å²) in [5.74, 6) is -0.301.